The normalized spacial score (nSPS) is 16.1. The van der Waals surface area contributed by atoms with Gasteiger partial charge in [0.15, 0.2) is 0 Å². The number of amides is 1. The molecule has 2 aromatic carbocycles. The lowest BCUT2D eigenvalue weighted by molar-refractivity contribution is -0.121. The molecule has 0 radical (unpaired) electrons. The van der Waals surface area contributed by atoms with Crippen molar-refractivity contribution in [3.63, 3.8) is 0 Å². The highest BCUT2D eigenvalue weighted by Crippen LogP contribution is 2.21. The van der Waals surface area contributed by atoms with Gasteiger partial charge in [-0.2, -0.15) is 0 Å². The van der Waals surface area contributed by atoms with E-state index in [9.17, 15) is 9.18 Å². The Morgan fingerprint density at radius 3 is 2.33 bits per heavy atom. The number of hydrogen-bond donors (Lipinski definition) is 1. The van der Waals surface area contributed by atoms with Crippen LogP contribution in [0.15, 0.2) is 48.5 Å². The summed E-state index contributed by atoms with van der Waals surface area (Å²) in [4.78, 5) is 14.7. The third-order valence-electron chi connectivity index (χ3n) is 4.39. The quantitative estimate of drug-likeness (QED) is 0.893. The van der Waals surface area contributed by atoms with Crippen LogP contribution >= 0.6 is 11.6 Å². The van der Waals surface area contributed by atoms with Crippen LogP contribution in [0.5, 0.6) is 0 Å². The topological polar surface area (TPSA) is 32.3 Å². The number of rotatable bonds is 4. The molecule has 1 aliphatic heterocycles. The van der Waals surface area contributed by atoms with Crippen molar-refractivity contribution >= 4 is 23.2 Å². The molecule has 0 spiro atoms. The van der Waals surface area contributed by atoms with E-state index in [0.717, 1.165) is 37.5 Å². The van der Waals surface area contributed by atoms with E-state index in [1.54, 1.807) is 12.1 Å². The average Bonchev–Trinajstić information content (AvgIpc) is 2.59. The van der Waals surface area contributed by atoms with Crippen molar-refractivity contribution in [1.82, 2.24) is 4.90 Å². The first-order valence-electron chi connectivity index (χ1n) is 8.13. The van der Waals surface area contributed by atoms with Crippen molar-refractivity contribution in [1.29, 1.82) is 0 Å². The number of carbonyl (C=O) groups excluding carboxylic acids is 1. The van der Waals surface area contributed by atoms with Crippen LogP contribution in [0.4, 0.5) is 10.1 Å². The smallest absolute Gasteiger partial charge is 0.227 e. The molecule has 2 aromatic rings. The highest BCUT2D eigenvalue weighted by atomic mass is 35.5. The fourth-order valence-corrected chi connectivity index (χ4v) is 3.10. The van der Waals surface area contributed by atoms with Crippen molar-refractivity contribution in [2.75, 3.05) is 18.4 Å². The van der Waals surface area contributed by atoms with E-state index in [0.29, 0.717) is 5.69 Å². The van der Waals surface area contributed by atoms with E-state index in [-0.39, 0.29) is 17.6 Å². The summed E-state index contributed by atoms with van der Waals surface area (Å²) in [5.41, 5.74) is 1.87. The monoisotopic (exact) mass is 346 g/mol. The van der Waals surface area contributed by atoms with Gasteiger partial charge in [-0.05, 0) is 67.9 Å². The summed E-state index contributed by atoms with van der Waals surface area (Å²) in [6.07, 6.45) is 1.67. The van der Waals surface area contributed by atoms with E-state index < -0.39 is 0 Å². The van der Waals surface area contributed by atoms with Gasteiger partial charge in [0.2, 0.25) is 5.91 Å². The summed E-state index contributed by atoms with van der Waals surface area (Å²) in [7, 11) is 0. The van der Waals surface area contributed by atoms with Crippen LogP contribution in [0.3, 0.4) is 0 Å². The van der Waals surface area contributed by atoms with Gasteiger partial charge in [0.05, 0.1) is 0 Å². The minimum Gasteiger partial charge on any atom is -0.326 e. The van der Waals surface area contributed by atoms with E-state index in [2.05, 4.69) is 10.2 Å². The number of likely N-dealkylation sites (tertiary alicyclic amines) is 1. The average molecular weight is 347 g/mol. The summed E-state index contributed by atoms with van der Waals surface area (Å²) in [6.45, 7) is 2.66. The maximum Gasteiger partial charge on any atom is 0.227 e. The maximum atomic E-state index is 12.9. The minimum atomic E-state index is -0.302. The molecule has 1 saturated heterocycles. The summed E-state index contributed by atoms with van der Waals surface area (Å²) in [5.74, 6) is -0.271. The first-order chi connectivity index (χ1) is 11.6. The molecular formula is C19H20ClFN2O. The Kier molecular flexibility index (Phi) is 5.48. The van der Waals surface area contributed by atoms with Gasteiger partial charge in [0.1, 0.15) is 5.82 Å². The fraction of sp³-hybridized carbons (Fsp3) is 0.316. The van der Waals surface area contributed by atoms with Crippen LogP contribution in [0.1, 0.15) is 18.4 Å². The second kappa shape index (κ2) is 7.77. The highest BCUT2D eigenvalue weighted by molar-refractivity contribution is 6.30. The first kappa shape index (κ1) is 16.9. The molecule has 3 rings (SSSR count). The Labute approximate surface area is 146 Å². The number of piperidine rings is 1. The Balaban J connectivity index is 1.48. The summed E-state index contributed by atoms with van der Waals surface area (Å²) >= 11 is 5.90. The molecule has 5 heteroatoms. The predicted molar refractivity (Wildman–Crippen MR) is 94.5 cm³/mol. The van der Waals surface area contributed by atoms with Crippen LogP contribution in [-0.2, 0) is 11.3 Å². The molecule has 1 aliphatic rings. The standard InChI is InChI=1S/C19H20ClFN2O/c20-16-3-1-14(2-4-16)13-23-11-9-15(10-12-23)19(24)22-18-7-5-17(21)6-8-18/h1-8,15H,9-13H2,(H,22,24). The molecule has 1 amide bonds. The summed E-state index contributed by atoms with van der Waals surface area (Å²) < 4.78 is 12.9. The van der Waals surface area contributed by atoms with Crippen molar-refractivity contribution in [3.8, 4) is 0 Å². The third-order valence-corrected chi connectivity index (χ3v) is 4.64. The third kappa shape index (κ3) is 4.56. The largest absolute Gasteiger partial charge is 0.326 e. The zero-order chi connectivity index (χ0) is 16.9. The van der Waals surface area contributed by atoms with Crippen molar-refractivity contribution in [3.05, 3.63) is 64.9 Å². The van der Waals surface area contributed by atoms with Crippen LogP contribution in [-0.4, -0.2) is 23.9 Å². The zero-order valence-corrected chi connectivity index (χ0v) is 14.1. The van der Waals surface area contributed by atoms with Gasteiger partial charge in [0, 0.05) is 23.2 Å². The fourth-order valence-electron chi connectivity index (χ4n) is 2.98. The Morgan fingerprint density at radius 2 is 1.71 bits per heavy atom. The van der Waals surface area contributed by atoms with Gasteiger partial charge in [-0.15, -0.1) is 0 Å². The van der Waals surface area contributed by atoms with Crippen LogP contribution in [0.2, 0.25) is 5.02 Å². The van der Waals surface area contributed by atoms with Crippen molar-refractivity contribution in [2.45, 2.75) is 19.4 Å². The van der Waals surface area contributed by atoms with Gasteiger partial charge < -0.3 is 5.32 Å². The second-order valence-corrected chi connectivity index (χ2v) is 6.61. The molecule has 0 aliphatic carbocycles. The SMILES string of the molecule is O=C(Nc1ccc(F)cc1)C1CCN(Cc2ccc(Cl)cc2)CC1. The summed E-state index contributed by atoms with van der Waals surface area (Å²) in [5, 5.41) is 3.62. The van der Waals surface area contributed by atoms with Crippen molar-refractivity contribution in [2.24, 2.45) is 5.92 Å². The maximum absolute atomic E-state index is 12.9. The van der Waals surface area contributed by atoms with E-state index in [1.165, 1.54) is 17.7 Å². The number of nitrogens with zero attached hydrogens (tertiary/aromatic N) is 1. The molecule has 0 aromatic heterocycles. The van der Waals surface area contributed by atoms with Crippen LogP contribution in [0, 0.1) is 11.7 Å². The van der Waals surface area contributed by atoms with E-state index >= 15 is 0 Å². The number of halogens is 2. The Bertz CT molecular complexity index is 680. The van der Waals surface area contributed by atoms with Gasteiger partial charge in [0.25, 0.3) is 0 Å². The molecule has 126 valence electrons. The van der Waals surface area contributed by atoms with Crippen molar-refractivity contribution < 1.29 is 9.18 Å². The molecule has 1 N–H and O–H groups in total. The second-order valence-electron chi connectivity index (χ2n) is 6.17. The molecule has 0 saturated carbocycles. The number of carbonyl (C=O) groups is 1. The molecule has 1 fully saturated rings. The van der Waals surface area contributed by atoms with E-state index in [4.69, 9.17) is 11.6 Å². The molecule has 0 bridgehead atoms. The first-order valence-corrected chi connectivity index (χ1v) is 8.51. The number of benzene rings is 2. The molecule has 24 heavy (non-hydrogen) atoms. The highest BCUT2D eigenvalue weighted by Gasteiger charge is 2.25. The molecule has 3 nitrogen and oxygen atoms in total. The molecule has 0 atom stereocenters. The minimum absolute atomic E-state index is 0.0107. The molecule has 0 unspecified atom stereocenters. The van der Waals surface area contributed by atoms with Crippen LogP contribution < -0.4 is 5.32 Å². The van der Waals surface area contributed by atoms with Gasteiger partial charge in [-0.3, -0.25) is 9.69 Å². The van der Waals surface area contributed by atoms with Gasteiger partial charge in [-0.1, -0.05) is 23.7 Å². The summed E-state index contributed by atoms with van der Waals surface area (Å²) in [6, 6.07) is 13.8. The Hall–Kier alpha value is -1.91. The molecule has 1 heterocycles. The molecular weight excluding hydrogens is 327 g/mol. The Morgan fingerprint density at radius 1 is 1.08 bits per heavy atom. The van der Waals surface area contributed by atoms with Crippen LogP contribution in [0.25, 0.3) is 0 Å². The zero-order valence-electron chi connectivity index (χ0n) is 13.3. The lowest BCUT2D eigenvalue weighted by Crippen LogP contribution is -2.37. The number of anilines is 1. The number of nitrogens with one attached hydrogen (secondary N) is 1. The predicted octanol–water partition coefficient (Wildman–Crippen LogP) is 4.33. The lowest BCUT2D eigenvalue weighted by atomic mass is 9.95. The lowest BCUT2D eigenvalue weighted by Gasteiger charge is -2.31. The van der Waals surface area contributed by atoms with Gasteiger partial charge in [-0.25, -0.2) is 4.39 Å². The van der Waals surface area contributed by atoms with E-state index in [1.807, 2.05) is 24.3 Å². The van der Waals surface area contributed by atoms with Gasteiger partial charge >= 0.3 is 0 Å². The number of hydrogen-bond acceptors (Lipinski definition) is 2.